The summed E-state index contributed by atoms with van der Waals surface area (Å²) in [6.45, 7) is 1.62. The molecular formula is C25H19FN2O3. The van der Waals surface area contributed by atoms with Crippen molar-refractivity contribution >= 4 is 23.5 Å². The summed E-state index contributed by atoms with van der Waals surface area (Å²) in [7, 11) is 0. The molecule has 3 rings (SSSR count). The second-order valence-electron chi connectivity index (χ2n) is 6.75. The van der Waals surface area contributed by atoms with Crippen LogP contribution in [0.25, 0.3) is 6.08 Å². The predicted molar refractivity (Wildman–Crippen MR) is 116 cm³/mol. The molecule has 3 aromatic rings. The third-order valence-corrected chi connectivity index (χ3v) is 4.36. The summed E-state index contributed by atoms with van der Waals surface area (Å²) in [5, 5.41) is 12.1. The number of carbonyl (C=O) groups excluding carboxylic acids is 2. The van der Waals surface area contributed by atoms with Gasteiger partial charge in [0.1, 0.15) is 29.8 Å². The summed E-state index contributed by atoms with van der Waals surface area (Å²) in [6, 6.07) is 21.4. The topological polar surface area (TPSA) is 79.2 Å². The van der Waals surface area contributed by atoms with Crippen molar-refractivity contribution in [3.63, 3.8) is 0 Å². The zero-order valence-corrected chi connectivity index (χ0v) is 16.8. The van der Waals surface area contributed by atoms with Gasteiger partial charge in [-0.1, -0.05) is 36.4 Å². The summed E-state index contributed by atoms with van der Waals surface area (Å²) in [4.78, 5) is 24.0. The van der Waals surface area contributed by atoms with E-state index in [1.807, 2.05) is 6.07 Å². The Hall–Kier alpha value is -4.24. The minimum atomic E-state index is -0.589. The van der Waals surface area contributed by atoms with E-state index in [2.05, 4.69) is 5.32 Å². The maximum absolute atomic E-state index is 13.3. The molecule has 1 N–H and O–H groups in total. The Labute approximate surface area is 179 Å². The summed E-state index contributed by atoms with van der Waals surface area (Å²) >= 11 is 0. The standard InChI is InChI=1S/C25H19FN2O3/c1-17(29)20-7-4-9-23(14-20)28-25(30)21(15-27)11-18-5-3-10-24(13-18)31-16-19-6-2-8-22(26)12-19/h2-14H,16H2,1H3,(H,28,30). The van der Waals surface area contributed by atoms with Crippen molar-refractivity contribution < 1.29 is 18.7 Å². The predicted octanol–water partition coefficient (Wildman–Crippen LogP) is 5.15. The molecule has 0 aromatic heterocycles. The van der Waals surface area contributed by atoms with Crippen molar-refractivity contribution in [1.29, 1.82) is 5.26 Å². The molecule has 0 radical (unpaired) electrons. The molecule has 0 heterocycles. The number of Topliss-reactive ketones (excluding diaryl/α,β-unsaturated/α-hetero) is 1. The number of rotatable bonds is 7. The number of ether oxygens (including phenoxy) is 1. The van der Waals surface area contributed by atoms with Gasteiger partial charge in [-0.2, -0.15) is 5.26 Å². The number of anilines is 1. The molecule has 154 valence electrons. The zero-order chi connectivity index (χ0) is 22.2. The van der Waals surface area contributed by atoms with Crippen LogP contribution < -0.4 is 10.1 Å². The highest BCUT2D eigenvalue weighted by Gasteiger charge is 2.11. The van der Waals surface area contributed by atoms with Gasteiger partial charge in [0.25, 0.3) is 5.91 Å². The number of carbonyl (C=O) groups is 2. The van der Waals surface area contributed by atoms with Crippen molar-refractivity contribution in [2.24, 2.45) is 0 Å². The summed E-state index contributed by atoms with van der Waals surface area (Å²) in [5.74, 6) is -0.530. The monoisotopic (exact) mass is 414 g/mol. The van der Waals surface area contributed by atoms with Gasteiger partial charge in [0, 0.05) is 11.3 Å². The van der Waals surface area contributed by atoms with Crippen LogP contribution in [0.4, 0.5) is 10.1 Å². The lowest BCUT2D eigenvalue weighted by molar-refractivity contribution is -0.112. The smallest absolute Gasteiger partial charge is 0.266 e. The quantitative estimate of drug-likeness (QED) is 0.329. The first-order valence-corrected chi connectivity index (χ1v) is 9.46. The molecule has 5 nitrogen and oxygen atoms in total. The lowest BCUT2D eigenvalue weighted by atomic mass is 10.1. The van der Waals surface area contributed by atoms with Crippen molar-refractivity contribution in [2.45, 2.75) is 13.5 Å². The van der Waals surface area contributed by atoms with Crippen LogP contribution >= 0.6 is 0 Å². The Morgan fingerprint density at radius 1 is 1.06 bits per heavy atom. The van der Waals surface area contributed by atoms with Gasteiger partial charge in [0.2, 0.25) is 0 Å². The van der Waals surface area contributed by atoms with Gasteiger partial charge in [-0.15, -0.1) is 0 Å². The normalized spacial score (nSPS) is 10.8. The number of halogens is 1. The Morgan fingerprint density at radius 2 is 1.84 bits per heavy atom. The Morgan fingerprint density at radius 3 is 2.58 bits per heavy atom. The lowest BCUT2D eigenvalue weighted by Crippen LogP contribution is -2.13. The summed E-state index contributed by atoms with van der Waals surface area (Å²) < 4.78 is 19.0. The Bertz CT molecular complexity index is 1200. The number of hydrogen-bond acceptors (Lipinski definition) is 4. The minimum absolute atomic E-state index is 0.101. The highest BCUT2D eigenvalue weighted by Crippen LogP contribution is 2.19. The maximum Gasteiger partial charge on any atom is 0.266 e. The molecule has 0 aliphatic carbocycles. The van der Waals surface area contributed by atoms with E-state index in [4.69, 9.17) is 4.74 Å². The summed E-state index contributed by atoms with van der Waals surface area (Å²) in [6.07, 6.45) is 1.44. The highest BCUT2D eigenvalue weighted by atomic mass is 19.1. The van der Waals surface area contributed by atoms with Crippen LogP contribution in [-0.2, 0) is 11.4 Å². The fourth-order valence-corrected chi connectivity index (χ4v) is 2.82. The van der Waals surface area contributed by atoms with Crippen molar-refractivity contribution in [2.75, 3.05) is 5.32 Å². The minimum Gasteiger partial charge on any atom is -0.489 e. The van der Waals surface area contributed by atoms with E-state index in [0.29, 0.717) is 28.1 Å². The molecule has 0 aliphatic rings. The summed E-state index contributed by atoms with van der Waals surface area (Å²) in [5.41, 5.74) is 2.07. The molecule has 1 amide bonds. The molecule has 0 saturated carbocycles. The van der Waals surface area contributed by atoms with Crippen LogP contribution in [0.2, 0.25) is 0 Å². The van der Waals surface area contributed by atoms with E-state index in [-0.39, 0.29) is 23.8 Å². The number of amides is 1. The molecular weight excluding hydrogens is 395 g/mol. The van der Waals surface area contributed by atoms with E-state index < -0.39 is 5.91 Å². The van der Waals surface area contributed by atoms with Crippen LogP contribution in [0, 0.1) is 17.1 Å². The van der Waals surface area contributed by atoms with Gasteiger partial charge in [-0.25, -0.2) is 4.39 Å². The first-order chi connectivity index (χ1) is 14.9. The van der Waals surface area contributed by atoms with Gasteiger partial charge in [-0.05, 0) is 60.5 Å². The van der Waals surface area contributed by atoms with E-state index in [1.165, 1.54) is 25.1 Å². The highest BCUT2D eigenvalue weighted by molar-refractivity contribution is 6.10. The molecule has 0 spiro atoms. The third kappa shape index (κ3) is 6.12. The van der Waals surface area contributed by atoms with E-state index in [9.17, 15) is 19.2 Å². The van der Waals surface area contributed by atoms with Gasteiger partial charge in [0.05, 0.1) is 0 Å². The zero-order valence-electron chi connectivity index (χ0n) is 16.8. The van der Waals surface area contributed by atoms with Crippen LogP contribution in [-0.4, -0.2) is 11.7 Å². The second kappa shape index (κ2) is 9.99. The van der Waals surface area contributed by atoms with E-state index in [0.717, 1.165) is 0 Å². The number of nitrogens with one attached hydrogen (secondary N) is 1. The van der Waals surface area contributed by atoms with Gasteiger partial charge >= 0.3 is 0 Å². The van der Waals surface area contributed by atoms with Crippen LogP contribution in [0.3, 0.4) is 0 Å². The fourth-order valence-electron chi connectivity index (χ4n) is 2.82. The van der Waals surface area contributed by atoms with Crippen molar-refractivity contribution in [3.05, 3.63) is 101 Å². The molecule has 6 heteroatoms. The van der Waals surface area contributed by atoms with Crippen molar-refractivity contribution in [3.8, 4) is 11.8 Å². The van der Waals surface area contributed by atoms with Gasteiger partial charge < -0.3 is 10.1 Å². The van der Waals surface area contributed by atoms with E-state index in [1.54, 1.807) is 60.7 Å². The second-order valence-corrected chi connectivity index (χ2v) is 6.75. The molecule has 0 unspecified atom stereocenters. The van der Waals surface area contributed by atoms with Gasteiger partial charge in [0.15, 0.2) is 5.78 Å². The van der Waals surface area contributed by atoms with Gasteiger partial charge in [-0.3, -0.25) is 9.59 Å². The van der Waals surface area contributed by atoms with Crippen molar-refractivity contribution in [1.82, 2.24) is 0 Å². The SMILES string of the molecule is CC(=O)c1cccc(NC(=O)C(C#N)=Cc2cccc(OCc3cccc(F)c3)c2)c1. The molecule has 0 atom stereocenters. The molecule has 3 aromatic carbocycles. The van der Waals surface area contributed by atoms with Crippen LogP contribution in [0.5, 0.6) is 5.75 Å². The fraction of sp³-hybridized carbons (Fsp3) is 0.0800. The van der Waals surface area contributed by atoms with Crippen LogP contribution in [0.15, 0.2) is 78.4 Å². The Kier molecular flexibility index (Phi) is 6.92. The maximum atomic E-state index is 13.3. The lowest BCUT2D eigenvalue weighted by Gasteiger charge is -2.08. The Balaban J connectivity index is 1.72. The number of hydrogen-bond donors (Lipinski definition) is 1. The number of benzene rings is 3. The molecule has 0 aliphatic heterocycles. The molecule has 0 bridgehead atoms. The largest absolute Gasteiger partial charge is 0.489 e. The molecule has 0 saturated heterocycles. The molecule has 0 fully saturated rings. The number of ketones is 1. The van der Waals surface area contributed by atoms with E-state index >= 15 is 0 Å². The molecule has 31 heavy (non-hydrogen) atoms. The number of nitriles is 1. The van der Waals surface area contributed by atoms with Crippen LogP contribution in [0.1, 0.15) is 28.4 Å². The average Bonchev–Trinajstić information content (AvgIpc) is 2.76. The third-order valence-electron chi connectivity index (χ3n) is 4.36. The first-order valence-electron chi connectivity index (χ1n) is 9.46. The number of nitrogens with zero attached hydrogens (tertiary/aromatic N) is 1. The average molecular weight is 414 g/mol. The first kappa shape index (κ1) is 21.5.